The Bertz CT molecular complexity index is 691. The number of benzene rings is 1. The molecule has 1 N–H and O–H groups in total. The number of nitrogens with zero attached hydrogens (tertiary/aromatic N) is 1. The fraction of sp³-hybridized carbons (Fsp3) is 0.632. The van der Waals surface area contributed by atoms with Gasteiger partial charge in [-0.1, -0.05) is 18.2 Å². The number of carbonyl (C=O) groups excluding carboxylic acids is 1. The molecule has 0 saturated carbocycles. The third-order valence-electron chi connectivity index (χ3n) is 4.82. The van der Waals surface area contributed by atoms with Crippen molar-refractivity contribution in [2.45, 2.75) is 43.9 Å². The Labute approximate surface area is 157 Å². The van der Waals surface area contributed by atoms with Gasteiger partial charge in [-0.05, 0) is 50.2 Å². The van der Waals surface area contributed by atoms with Crippen LogP contribution in [-0.2, 0) is 19.6 Å². The molecule has 1 aliphatic rings. The molecule has 1 unspecified atom stereocenters. The lowest BCUT2D eigenvalue weighted by atomic mass is 9.94. The molecule has 26 heavy (non-hydrogen) atoms. The van der Waals surface area contributed by atoms with Gasteiger partial charge in [-0.3, -0.25) is 4.79 Å². The Morgan fingerprint density at radius 1 is 1.35 bits per heavy atom. The normalized spacial score (nSPS) is 18.6. The van der Waals surface area contributed by atoms with Crippen LogP contribution in [0, 0.1) is 12.8 Å². The number of aryl methyl sites for hydroxylation is 1. The van der Waals surface area contributed by atoms with E-state index in [4.69, 9.17) is 4.74 Å². The zero-order valence-corrected chi connectivity index (χ0v) is 16.6. The minimum atomic E-state index is -3.47. The summed E-state index contributed by atoms with van der Waals surface area (Å²) < 4.78 is 32.4. The maximum Gasteiger partial charge on any atom is 0.243 e. The summed E-state index contributed by atoms with van der Waals surface area (Å²) >= 11 is 0. The Balaban J connectivity index is 1.87. The maximum atomic E-state index is 12.9. The largest absolute Gasteiger partial charge is 0.385 e. The molecule has 1 amide bonds. The number of rotatable bonds is 9. The number of ether oxygens (including phenoxy) is 1. The van der Waals surface area contributed by atoms with Gasteiger partial charge in [0.1, 0.15) is 0 Å². The van der Waals surface area contributed by atoms with Crippen molar-refractivity contribution in [1.82, 2.24) is 9.62 Å². The molecule has 7 heteroatoms. The van der Waals surface area contributed by atoms with Gasteiger partial charge in [0, 0.05) is 39.8 Å². The van der Waals surface area contributed by atoms with Crippen LogP contribution in [0.2, 0.25) is 0 Å². The van der Waals surface area contributed by atoms with Crippen LogP contribution in [0.1, 0.15) is 37.7 Å². The lowest BCUT2D eigenvalue weighted by Gasteiger charge is -2.32. The summed E-state index contributed by atoms with van der Waals surface area (Å²) in [6.07, 6.45) is 3.77. The van der Waals surface area contributed by atoms with Gasteiger partial charge in [0.05, 0.1) is 4.90 Å². The third-order valence-corrected chi connectivity index (χ3v) is 6.85. The highest BCUT2D eigenvalue weighted by atomic mass is 32.2. The second-order valence-corrected chi connectivity index (χ2v) is 8.78. The van der Waals surface area contributed by atoms with Crippen LogP contribution >= 0.6 is 0 Å². The smallest absolute Gasteiger partial charge is 0.243 e. The molecular weight excluding hydrogens is 352 g/mol. The minimum absolute atomic E-state index is 0.0278. The quantitative estimate of drug-likeness (QED) is 0.665. The van der Waals surface area contributed by atoms with Gasteiger partial charge >= 0.3 is 0 Å². The molecule has 6 nitrogen and oxygen atoms in total. The molecule has 0 spiro atoms. The van der Waals surface area contributed by atoms with Gasteiger partial charge in [0.15, 0.2) is 0 Å². The zero-order chi connectivity index (χ0) is 19.0. The molecule has 2 rings (SSSR count). The number of carbonyl (C=O) groups is 1. The van der Waals surface area contributed by atoms with E-state index in [2.05, 4.69) is 5.32 Å². The average molecular weight is 383 g/mol. The molecule has 0 aliphatic carbocycles. The summed E-state index contributed by atoms with van der Waals surface area (Å²) in [5.41, 5.74) is 0.769. The molecule has 0 aromatic heterocycles. The first-order chi connectivity index (χ1) is 12.4. The molecule has 1 aromatic rings. The van der Waals surface area contributed by atoms with E-state index in [9.17, 15) is 13.2 Å². The number of methoxy groups -OCH3 is 1. The lowest BCUT2D eigenvalue weighted by molar-refractivity contribution is -0.121. The van der Waals surface area contributed by atoms with Crippen LogP contribution in [0.15, 0.2) is 29.2 Å². The highest BCUT2D eigenvalue weighted by Crippen LogP contribution is 2.27. The van der Waals surface area contributed by atoms with Crippen LogP contribution in [0.5, 0.6) is 0 Å². The Hall–Kier alpha value is -1.44. The van der Waals surface area contributed by atoms with Gasteiger partial charge in [0.25, 0.3) is 0 Å². The Kier molecular flexibility index (Phi) is 8.06. The predicted octanol–water partition coefficient (Wildman–Crippen LogP) is 2.33. The van der Waals surface area contributed by atoms with Crippen LogP contribution in [0.25, 0.3) is 0 Å². The van der Waals surface area contributed by atoms with E-state index in [0.29, 0.717) is 37.6 Å². The predicted molar refractivity (Wildman–Crippen MR) is 101 cm³/mol. The first-order valence-electron chi connectivity index (χ1n) is 9.26. The zero-order valence-electron chi connectivity index (χ0n) is 15.7. The molecule has 1 saturated heterocycles. The fourth-order valence-corrected chi connectivity index (χ4v) is 5.11. The summed E-state index contributed by atoms with van der Waals surface area (Å²) in [7, 11) is -1.83. The molecule has 1 atom stereocenters. The summed E-state index contributed by atoms with van der Waals surface area (Å²) in [6.45, 7) is 4.12. The van der Waals surface area contributed by atoms with Crippen molar-refractivity contribution in [1.29, 1.82) is 0 Å². The summed E-state index contributed by atoms with van der Waals surface area (Å²) in [5.74, 6) is 0.257. The van der Waals surface area contributed by atoms with Crippen molar-refractivity contribution in [3.05, 3.63) is 29.8 Å². The summed E-state index contributed by atoms with van der Waals surface area (Å²) in [6, 6.07) is 7.10. The molecule has 1 aromatic carbocycles. The van der Waals surface area contributed by atoms with Crippen molar-refractivity contribution in [3.63, 3.8) is 0 Å². The van der Waals surface area contributed by atoms with Gasteiger partial charge in [0.2, 0.25) is 15.9 Å². The van der Waals surface area contributed by atoms with E-state index in [1.54, 1.807) is 23.5 Å². The fourth-order valence-electron chi connectivity index (χ4n) is 3.33. The van der Waals surface area contributed by atoms with E-state index in [0.717, 1.165) is 31.2 Å². The number of nitrogens with one attached hydrogen (secondary N) is 1. The first-order valence-corrected chi connectivity index (χ1v) is 10.7. The minimum Gasteiger partial charge on any atom is -0.385 e. The number of amides is 1. The van der Waals surface area contributed by atoms with Gasteiger partial charge < -0.3 is 10.1 Å². The highest BCUT2D eigenvalue weighted by Gasteiger charge is 2.31. The molecule has 1 aliphatic heterocycles. The van der Waals surface area contributed by atoms with E-state index >= 15 is 0 Å². The maximum absolute atomic E-state index is 12.9. The molecule has 1 fully saturated rings. The van der Waals surface area contributed by atoms with Gasteiger partial charge in [-0.25, -0.2) is 8.42 Å². The lowest BCUT2D eigenvalue weighted by Crippen LogP contribution is -2.40. The van der Waals surface area contributed by atoms with E-state index in [-0.39, 0.29) is 11.8 Å². The van der Waals surface area contributed by atoms with Crippen LogP contribution in [0.3, 0.4) is 0 Å². The average Bonchev–Trinajstić information content (AvgIpc) is 2.64. The SMILES string of the molecule is COCCCNC(=O)CCC1CCCN(S(=O)(=O)c2ccccc2C)C1. The molecule has 146 valence electrons. The third kappa shape index (κ3) is 5.79. The monoisotopic (exact) mass is 382 g/mol. The second-order valence-electron chi connectivity index (χ2n) is 6.87. The topological polar surface area (TPSA) is 75.7 Å². The van der Waals surface area contributed by atoms with Crippen molar-refractivity contribution >= 4 is 15.9 Å². The van der Waals surface area contributed by atoms with Crippen molar-refractivity contribution in [2.75, 3.05) is 33.4 Å². The molecule has 0 bridgehead atoms. The van der Waals surface area contributed by atoms with Crippen LogP contribution in [0.4, 0.5) is 0 Å². The molecule has 0 radical (unpaired) electrons. The van der Waals surface area contributed by atoms with Crippen molar-refractivity contribution in [2.24, 2.45) is 5.92 Å². The standard InChI is InChI=1S/C19H30N2O4S/c1-16-7-3-4-9-18(16)26(23,24)21-13-5-8-17(15-21)10-11-19(22)20-12-6-14-25-2/h3-4,7,9,17H,5-6,8,10-15H2,1-2H3,(H,20,22). The summed E-state index contributed by atoms with van der Waals surface area (Å²) in [4.78, 5) is 12.3. The van der Waals surface area contributed by atoms with E-state index < -0.39 is 10.0 Å². The summed E-state index contributed by atoms with van der Waals surface area (Å²) in [5, 5.41) is 2.88. The van der Waals surface area contributed by atoms with Crippen molar-refractivity contribution in [3.8, 4) is 0 Å². The van der Waals surface area contributed by atoms with Gasteiger partial charge in [-0.2, -0.15) is 4.31 Å². The Morgan fingerprint density at radius 3 is 2.85 bits per heavy atom. The number of sulfonamides is 1. The number of piperidine rings is 1. The Morgan fingerprint density at radius 2 is 2.12 bits per heavy atom. The van der Waals surface area contributed by atoms with E-state index in [1.165, 1.54) is 0 Å². The highest BCUT2D eigenvalue weighted by molar-refractivity contribution is 7.89. The molecule has 1 heterocycles. The first kappa shape index (κ1) is 20.9. The second kappa shape index (κ2) is 10.0. The number of hydrogen-bond donors (Lipinski definition) is 1. The van der Waals surface area contributed by atoms with Crippen LogP contribution in [-0.4, -0.2) is 52.0 Å². The van der Waals surface area contributed by atoms with E-state index in [1.807, 2.05) is 19.1 Å². The van der Waals surface area contributed by atoms with Crippen LogP contribution < -0.4 is 5.32 Å². The molecular formula is C19H30N2O4S. The van der Waals surface area contributed by atoms with Gasteiger partial charge in [-0.15, -0.1) is 0 Å². The van der Waals surface area contributed by atoms with Crippen molar-refractivity contribution < 1.29 is 17.9 Å². The number of hydrogen-bond acceptors (Lipinski definition) is 4.